The normalized spacial score (nSPS) is 21.3. The number of hydrogen-bond donors (Lipinski definition) is 3. The van der Waals surface area contributed by atoms with Crippen LogP contribution in [-0.2, 0) is 9.47 Å². The molecule has 0 bridgehead atoms. The number of nitrogens with one attached hydrogen (secondary N) is 2. The van der Waals surface area contributed by atoms with E-state index in [0.717, 1.165) is 45.8 Å². The van der Waals surface area contributed by atoms with Crippen LogP contribution in [0, 0.1) is 5.92 Å². The van der Waals surface area contributed by atoms with Crippen LogP contribution in [-0.4, -0.2) is 46.0 Å². The molecule has 0 spiro atoms. The average molecular weight is 244 g/mol. The van der Waals surface area contributed by atoms with Gasteiger partial charge in [0.25, 0.3) is 0 Å². The van der Waals surface area contributed by atoms with Crippen molar-refractivity contribution in [2.45, 2.75) is 19.3 Å². The molecular weight excluding hydrogens is 220 g/mol. The van der Waals surface area contributed by atoms with Crippen molar-refractivity contribution < 1.29 is 9.47 Å². The molecule has 0 aliphatic carbocycles. The number of hydrazine groups is 1. The number of guanidine groups is 1. The van der Waals surface area contributed by atoms with Gasteiger partial charge in [-0.25, -0.2) is 5.84 Å². The highest BCUT2D eigenvalue weighted by Gasteiger charge is 2.13. The van der Waals surface area contributed by atoms with E-state index in [4.69, 9.17) is 15.3 Å². The third-order valence-corrected chi connectivity index (χ3v) is 2.72. The van der Waals surface area contributed by atoms with Crippen LogP contribution in [0.1, 0.15) is 19.3 Å². The number of nitrogens with zero attached hydrogens (tertiary/aromatic N) is 1. The van der Waals surface area contributed by atoms with Crippen LogP contribution in [0.2, 0.25) is 0 Å². The molecule has 0 saturated carbocycles. The molecule has 0 aromatic rings. The SMILES string of the molecule is COCCCNC(=NCC1CCCOC1)NN. The molecule has 1 aliphatic heterocycles. The van der Waals surface area contributed by atoms with Crippen LogP contribution in [0.25, 0.3) is 0 Å². The second kappa shape index (κ2) is 9.21. The lowest BCUT2D eigenvalue weighted by molar-refractivity contribution is 0.0582. The van der Waals surface area contributed by atoms with Crippen LogP contribution >= 0.6 is 0 Å². The average Bonchev–Trinajstić information content (AvgIpc) is 2.39. The Kier molecular flexibility index (Phi) is 7.70. The second-order valence-electron chi connectivity index (χ2n) is 4.19. The van der Waals surface area contributed by atoms with Gasteiger partial charge >= 0.3 is 0 Å². The fraction of sp³-hybridized carbons (Fsp3) is 0.909. The van der Waals surface area contributed by atoms with Gasteiger partial charge in [0.2, 0.25) is 5.96 Å². The molecule has 0 aromatic carbocycles. The Hall–Kier alpha value is -0.850. The third-order valence-electron chi connectivity index (χ3n) is 2.72. The van der Waals surface area contributed by atoms with Crippen LogP contribution in [0.4, 0.5) is 0 Å². The first-order valence-corrected chi connectivity index (χ1v) is 6.18. The number of nitrogens with two attached hydrogens (primary N) is 1. The van der Waals surface area contributed by atoms with Crippen LogP contribution in [0.15, 0.2) is 4.99 Å². The Morgan fingerprint density at radius 1 is 1.59 bits per heavy atom. The minimum atomic E-state index is 0.521. The first-order chi connectivity index (χ1) is 8.36. The quantitative estimate of drug-likeness (QED) is 0.199. The van der Waals surface area contributed by atoms with Gasteiger partial charge in [0.05, 0.1) is 6.61 Å². The largest absolute Gasteiger partial charge is 0.385 e. The minimum Gasteiger partial charge on any atom is -0.385 e. The van der Waals surface area contributed by atoms with Crippen LogP contribution in [0.3, 0.4) is 0 Å². The van der Waals surface area contributed by atoms with Crippen molar-refractivity contribution in [3.05, 3.63) is 0 Å². The standard InChI is InChI=1S/C11H24N4O2/c1-16-6-3-5-13-11(15-12)14-8-10-4-2-7-17-9-10/h10H,2-9,12H2,1H3,(H2,13,14,15). The summed E-state index contributed by atoms with van der Waals surface area (Å²) in [5.41, 5.74) is 2.58. The summed E-state index contributed by atoms with van der Waals surface area (Å²) in [6.45, 7) is 4.00. The summed E-state index contributed by atoms with van der Waals surface area (Å²) in [7, 11) is 1.69. The zero-order valence-corrected chi connectivity index (χ0v) is 10.6. The van der Waals surface area contributed by atoms with Crippen molar-refractivity contribution in [3.63, 3.8) is 0 Å². The fourth-order valence-corrected chi connectivity index (χ4v) is 1.75. The van der Waals surface area contributed by atoms with E-state index in [0.29, 0.717) is 11.9 Å². The first kappa shape index (κ1) is 14.2. The Morgan fingerprint density at radius 3 is 3.12 bits per heavy atom. The van der Waals surface area contributed by atoms with Gasteiger partial charge in [-0.3, -0.25) is 10.4 Å². The van der Waals surface area contributed by atoms with Crippen molar-refractivity contribution in [2.24, 2.45) is 16.8 Å². The van der Waals surface area contributed by atoms with E-state index in [-0.39, 0.29) is 0 Å². The second-order valence-corrected chi connectivity index (χ2v) is 4.19. The van der Waals surface area contributed by atoms with Crippen molar-refractivity contribution >= 4 is 5.96 Å². The minimum absolute atomic E-state index is 0.521. The van der Waals surface area contributed by atoms with E-state index in [9.17, 15) is 0 Å². The summed E-state index contributed by atoms with van der Waals surface area (Å²) in [6.07, 6.45) is 3.25. The maximum atomic E-state index is 5.40. The van der Waals surface area contributed by atoms with Crippen LogP contribution in [0.5, 0.6) is 0 Å². The number of aliphatic imine (C=N–C) groups is 1. The molecular formula is C11H24N4O2. The maximum Gasteiger partial charge on any atom is 0.205 e. The summed E-state index contributed by atoms with van der Waals surface area (Å²) in [4.78, 5) is 4.41. The molecule has 0 aromatic heterocycles. The Bertz CT molecular complexity index is 218. The number of rotatable bonds is 6. The molecule has 1 rings (SSSR count). The van der Waals surface area contributed by atoms with Crippen LogP contribution < -0.4 is 16.6 Å². The van der Waals surface area contributed by atoms with Gasteiger partial charge in [0, 0.05) is 39.3 Å². The molecule has 6 nitrogen and oxygen atoms in total. The lowest BCUT2D eigenvalue weighted by atomic mass is 10.0. The Balaban J connectivity index is 2.18. The summed E-state index contributed by atoms with van der Waals surface area (Å²) < 4.78 is 10.4. The predicted octanol–water partition coefficient (Wildman–Crippen LogP) is -0.142. The molecule has 1 heterocycles. The third kappa shape index (κ3) is 6.45. The smallest absolute Gasteiger partial charge is 0.205 e. The lowest BCUT2D eigenvalue weighted by Gasteiger charge is -2.20. The molecule has 100 valence electrons. The first-order valence-electron chi connectivity index (χ1n) is 6.18. The van der Waals surface area contributed by atoms with E-state index in [2.05, 4.69) is 15.7 Å². The van der Waals surface area contributed by atoms with Gasteiger partial charge in [0.15, 0.2) is 0 Å². The molecule has 0 radical (unpaired) electrons. The lowest BCUT2D eigenvalue weighted by Crippen LogP contribution is -2.42. The molecule has 1 unspecified atom stereocenters. The molecule has 1 fully saturated rings. The van der Waals surface area contributed by atoms with Crippen molar-refractivity contribution in [2.75, 3.05) is 40.0 Å². The van der Waals surface area contributed by atoms with Gasteiger partial charge in [0.1, 0.15) is 0 Å². The number of ether oxygens (including phenoxy) is 2. The summed E-state index contributed by atoms with van der Waals surface area (Å²) in [6, 6.07) is 0. The zero-order valence-electron chi connectivity index (χ0n) is 10.6. The topological polar surface area (TPSA) is 80.9 Å². The van der Waals surface area contributed by atoms with E-state index in [1.165, 1.54) is 6.42 Å². The number of methoxy groups -OCH3 is 1. The zero-order chi connectivity index (χ0) is 12.3. The predicted molar refractivity (Wildman–Crippen MR) is 67.7 cm³/mol. The monoisotopic (exact) mass is 244 g/mol. The van der Waals surface area contributed by atoms with E-state index < -0.39 is 0 Å². The summed E-state index contributed by atoms with van der Waals surface area (Å²) in [5, 5.41) is 3.14. The number of hydrogen-bond acceptors (Lipinski definition) is 4. The molecule has 17 heavy (non-hydrogen) atoms. The molecule has 0 amide bonds. The summed E-state index contributed by atoms with van der Waals surface area (Å²) >= 11 is 0. The molecule has 6 heteroatoms. The molecule has 1 saturated heterocycles. The highest BCUT2D eigenvalue weighted by Crippen LogP contribution is 2.13. The molecule has 4 N–H and O–H groups in total. The van der Waals surface area contributed by atoms with E-state index in [1.54, 1.807) is 7.11 Å². The van der Waals surface area contributed by atoms with Gasteiger partial charge in [-0.2, -0.15) is 0 Å². The molecule has 1 aliphatic rings. The molecule has 1 atom stereocenters. The van der Waals surface area contributed by atoms with Crippen molar-refractivity contribution in [1.29, 1.82) is 0 Å². The van der Waals surface area contributed by atoms with Crippen molar-refractivity contribution in [1.82, 2.24) is 10.7 Å². The highest BCUT2D eigenvalue weighted by atomic mass is 16.5. The maximum absolute atomic E-state index is 5.40. The summed E-state index contributed by atoms with van der Waals surface area (Å²) in [5.74, 6) is 6.56. The Morgan fingerprint density at radius 2 is 2.47 bits per heavy atom. The van der Waals surface area contributed by atoms with Gasteiger partial charge < -0.3 is 14.8 Å². The van der Waals surface area contributed by atoms with E-state index in [1.807, 2.05) is 0 Å². The Labute approximate surface area is 103 Å². The van der Waals surface area contributed by atoms with Gasteiger partial charge in [-0.05, 0) is 19.3 Å². The van der Waals surface area contributed by atoms with Crippen molar-refractivity contribution in [3.8, 4) is 0 Å². The van der Waals surface area contributed by atoms with E-state index >= 15 is 0 Å². The highest BCUT2D eigenvalue weighted by molar-refractivity contribution is 5.79. The van der Waals surface area contributed by atoms with Gasteiger partial charge in [-0.1, -0.05) is 0 Å². The fourth-order valence-electron chi connectivity index (χ4n) is 1.75. The van der Waals surface area contributed by atoms with Gasteiger partial charge in [-0.15, -0.1) is 0 Å².